The third kappa shape index (κ3) is 7.89. The van der Waals surface area contributed by atoms with Crippen LogP contribution in [0.1, 0.15) is 38.7 Å². The molecular formula is C19H26N2O6. The zero-order chi connectivity index (χ0) is 20.4. The van der Waals surface area contributed by atoms with Crippen LogP contribution in [0.3, 0.4) is 0 Å². The van der Waals surface area contributed by atoms with Gasteiger partial charge >= 0.3 is 11.9 Å². The molecule has 1 aromatic rings. The summed E-state index contributed by atoms with van der Waals surface area (Å²) in [6.07, 6.45) is 0.189. The van der Waals surface area contributed by atoms with Crippen LogP contribution in [0.4, 0.5) is 0 Å². The highest BCUT2D eigenvalue weighted by atomic mass is 16.4. The SMILES string of the molecule is CCC(C)C(=O)NC(CCC(=O)O)C(=O)NC(Cc1ccccc1)C(=O)O. The van der Waals surface area contributed by atoms with Crippen LogP contribution < -0.4 is 10.6 Å². The lowest BCUT2D eigenvalue weighted by Gasteiger charge is -2.22. The van der Waals surface area contributed by atoms with Gasteiger partial charge in [-0.05, 0) is 18.4 Å². The number of hydrogen-bond donors (Lipinski definition) is 4. The van der Waals surface area contributed by atoms with Gasteiger partial charge in [0.25, 0.3) is 0 Å². The lowest BCUT2D eigenvalue weighted by atomic mass is 10.0. The van der Waals surface area contributed by atoms with Crippen LogP contribution in [0, 0.1) is 5.92 Å². The molecule has 0 fully saturated rings. The van der Waals surface area contributed by atoms with Crippen molar-refractivity contribution in [1.29, 1.82) is 0 Å². The average Bonchev–Trinajstić information content (AvgIpc) is 2.64. The highest BCUT2D eigenvalue weighted by Crippen LogP contribution is 2.07. The standard InChI is InChI=1S/C19H26N2O6/c1-3-12(2)17(24)20-14(9-10-16(22)23)18(25)21-15(19(26)27)11-13-7-5-4-6-8-13/h4-8,12,14-15H,3,9-11H2,1-2H3,(H,20,24)(H,21,25)(H,22,23)(H,26,27). The average molecular weight is 378 g/mol. The smallest absolute Gasteiger partial charge is 0.326 e. The van der Waals surface area contributed by atoms with E-state index in [-0.39, 0.29) is 31.1 Å². The third-order valence-corrected chi connectivity index (χ3v) is 4.24. The summed E-state index contributed by atoms with van der Waals surface area (Å²) in [5, 5.41) is 23.2. The van der Waals surface area contributed by atoms with Gasteiger partial charge in [0.05, 0.1) is 0 Å². The summed E-state index contributed by atoms with van der Waals surface area (Å²) >= 11 is 0. The van der Waals surface area contributed by atoms with Crippen molar-refractivity contribution in [3.63, 3.8) is 0 Å². The molecule has 0 aromatic heterocycles. The van der Waals surface area contributed by atoms with E-state index in [1.807, 2.05) is 6.92 Å². The van der Waals surface area contributed by atoms with Gasteiger partial charge in [0.1, 0.15) is 12.1 Å². The Balaban J connectivity index is 2.85. The molecule has 1 rings (SSSR count). The van der Waals surface area contributed by atoms with Crippen molar-refractivity contribution in [2.75, 3.05) is 0 Å². The molecule has 8 heteroatoms. The molecule has 0 spiro atoms. The van der Waals surface area contributed by atoms with Gasteiger partial charge in [-0.1, -0.05) is 44.2 Å². The molecule has 148 valence electrons. The number of rotatable bonds is 11. The van der Waals surface area contributed by atoms with Gasteiger partial charge < -0.3 is 20.8 Å². The van der Waals surface area contributed by atoms with Gasteiger partial charge in [-0.2, -0.15) is 0 Å². The maximum Gasteiger partial charge on any atom is 0.326 e. The fraction of sp³-hybridized carbons (Fsp3) is 0.474. The Kier molecular flexibility index (Phi) is 8.98. The van der Waals surface area contributed by atoms with E-state index in [0.29, 0.717) is 6.42 Å². The second-order valence-electron chi connectivity index (χ2n) is 6.39. The molecule has 0 aliphatic rings. The first kappa shape index (κ1) is 22.1. The van der Waals surface area contributed by atoms with Crippen LogP contribution in [-0.4, -0.2) is 46.0 Å². The van der Waals surface area contributed by atoms with Gasteiger partial charge in [0, 0.05) is 18.8 Å². The highest BCUT2D eigenvalue weighted by molar-refractivity contribution is 5.91. The molecular weight excluding hydrogens is 352 g/mol. The molecule has 0 aliphatic heterocycles. The molecule has 4 N–H and O–H groups in total. The Bertz CT molecular complexity index is 661. The molecule has 0 bridgehead atoms. The quantitative estimate of drug-likeness (QED) is 0.457. The number of carboxylic acid groups (broad SMARTS) is 2. The van der Waals surface area contributed by atoms with E-state index in [2.05, 4.69) is 10.6 Å². The number of carboxylic acids is 2. The van der Waals surface area contributed by atoms with Crippen LogP contribution in [-0.2, 0) is 25.6 Å². The van der Waals surface area contributed by atoms with E-state index in [1.165, 1.54) is 0 Å². The largest absolute Gasteiger partial charge is 0.481 e. The van der Waals surface area contributed by atoms with Crippen LogP contribution in [0.5, 0.6) is 0 Å². The fourth-order valence-corrected chi connectivity index (χ4v) is 2.36. The van der Waals surface area contributed by atoms with Gasteiger partial charge in [0.2, 0.25) is 11.8 Å². The molecule has 3 unspecified atom stereocenters. The number of hydrogen-bond acceptors (Lipinski definition) is 4. The van der Waals surface area contributed by atoms with Crippen LogP contribution in [0.15, 0.2) is 30.3 Å². The lowest BCUT2D eigenvalue weighted by Crippen LogP contribution is -2.53. The number of nitrogens with one attached hydrogen (secondary N) is 2. The number of amides is 2. The van der Waals surface area contributed by atoms with E-state index in [0.717, 1.165) is 5.56 Å². The van der Waals surface area contributed by atoms with Crippen molar-refractivity contribution in [3.8, 4) is 0 Å². The predicted molar refractivity (Wildman–Crippen MR) is 98.0 cm³/mol. The molecule has 8 nitrogen and oxygen atoms in total. The maximum absolute atomic E-state index is 12.5. The maximum atomic E-state index is 12.5. The topological polar surface area (TPSA) is 133 Å². The summed E-state index contributed by atoms with van der Waals surface area (Å²) < 4.78 is 0. The monoisotopic (exact) mass is 378 g/mol. The molecule has 0 saturated heterocycles. The molecule has 2 amide bonds. The van der Waals surface area contributed by atoms with E-state index < -0.39 is 29.9 Å². The van der Waals surface area contributed by atoms with Gasteiger partial charge in [0.15, 0.2) is 0 Å². The molecule has 0 heterocycles. The Morgan fingerprint density at radius 2 is 1.56 bits per heavy atom. The van der Waals surface area contributed by atoms with Gasteiger partial charge in [-0.3, -0.25) is 14.4 Å². The first-order valence-electron chi connectivity index (χ1n) is 8.83. The lowest BCUT2D eigenvalue weighted by molar-refractivity contribution is -0.143. The molecule has 3 atom stereocenters. The van der Waals surface area contributed by atoms with Gasteiger partial charge in [-0.15, -0.1) is 0 Å². The molecule has 0 aliphatic carbocycles. The Labute approximate surface area is 158 Å². The van der Waals surface area contributed by atoms with Crippen LogP contribution in [0.2, 0.25) is 0 Å². The second-order valence-corrected chi connectivity index (χ2v) is 6.39. The molecule has 0 radical (unpaired) electrons. The van der Waals surface area contributed by atoms with Crippen LogP contribution >= 0.6 is 0 Å². The number of carbonyl (C=O) groups excluding carboxylic acids is 2. The molecule has 27 heavy (non-hydrogen) atoms. The first-order valence-corrected chi connectivity index (χ1v) is 8.83. The normalized spacial score (nSPS) is 13.9. The summed E-state index contributed by atoms with van der Waals surface area (Å²) in [5.74, 6) is -3.75. The van der Waals surface area contributed by atoms with Crippen molar-refractivity contribution in [2.45, 2.75) is 51.6 Å². The predicted octanol–water partition coefficient (Wildman–Crippen LogP) is 1.19. The Morgan fingerprint density at radius 1 is 0.963 bits per heavy atom. The van der Waals surface area contributed by atoms with E-state index >= 15 is 0 Å². The summed E-state index contributed by atoms with van der Waals surface area (Å²) in [6.45, 7) is 3.51. The summed E-state index contributed by atoms with van der Waals surface area (Å²) in [5.41, 5.74) is 0.732. The minimum Gasteiger partial charge on any atom is -0.481 e. The zero-order valence-electron chi connectivity index (χ0n) is 15.5. The Hall–Kier alpha value is -2.90. The second kappa shape index (κ2) is 10.9. The number of carbonyl (C=O) groups is 4. The molecule has 1 aromatic carbocycles. The van der Waals surface area contributed by atoms with Crippen LogP contribution in [0.25, 0.3) is 0 Å². The zero-order valence-corrected chi connectivity index (χ0v) is 15.5. The highest BCUT2D eigenvalue weighted by Gasteiger charge is 2.28. The van der Waals surface area contributed by atoms with Gasteiger partial charge in [-0.25, -0.2) is 4.79 Å². The Morgan fingerprint density at radius 3 is 2.07 bits per heavy atom. The van der Waals surface area contributed by atoms with Crippen molar-refractivity contribution in [3.05, 3.63) is 35.9 Å². The summed E-state index contributed by atoms with van der Waals surface area (Å²) in [7, 11) is 0. The van der Waals surface area contributed by atoms with E-state index in [4.69, 9.17) is 5.11 Å². The van der Waals surface area contributed by atoms with Crippen molar-refractivity contribution < 1.29 is 29.4 Å². The molecule has 0 saturated carbocycles. The minimum atomic E-state index is -1.21. The van der Waals surface area contributed by atoms with Crippen molar-refractivity contribution in [2.24, 2.45) is 5.92 Å². The third-order valence-electron chi connectivity index (χ3n) is 4.24. The first-order chi connectivity index (χ1) is 12.7. The number of aliphatic carboxylic acids is 2. The number of benzene rings is 1. The minimum absolute atomic E-state index is 0.0763. The summed E-state index contributed by atoms with van der Waals surface area (Å²) in [6, 6.07) is 6.51. The summed E-state index contributed by atoms with van der Waals surface area (Å²) in [4.78, 5) is 47.0. The van der Waals surface area contributed by atoms with Crippen molar-refractivity contribution in [1.82, 2.24) is 10.6 Å². The van der Waals surface area contributed by atoms with E-state index in [9.17, 15) is 24.3 Å². The van der Waals surface area contributed by atoms with Crippen molar-refractivity contribution >= 4 is 23.8 Å². The van der Waals surface area contributed by atoms with E-state index in [1.54, 1.807) is 37.3 Å². The fourth-order valence-electron chi connectivity index (χ4n) is 2.36.